The van der Waals surface area contributed by atoms with Gasteiger partial charge in [-0.2, -0.15) is 0 Å². The standard InChI is InChI=1S/C19H29FO2/c1-18-7-5-12(21)9-11(18)3-4-13-14(18)6-8-19(2)15(13)10-16(20)17(19)22/h11,13-17,22H,3-10H2,1-2H3/t11-,13+,14-,15-,16+,17-,18-,19-/m0/s1. The average Bonchev–Trinajstić information content (AvgIpc) is 2.72. The molecule has 4 rings (SSSR count). The number of ketones is 1. The number of hydrogen-bond acceptors (Lipinski definition) is 2. The summed E-state index contributed by atoms with van der Waals surface area (Å²) in [6.45, 7) is 4.53. The van der Waals surface area contributed by atoms with E-state index in [0.29, 0.717) is 35.9 Å². The Morgan fingerprint density at radius 1 is 1.09 bits per heavy atom. The molecule has 0 heterocycles. The van der Waals surface area contributed by atoms with Crippen LogP contribution in [-0.4, -0.2) is 23.2 Å². The first-order valence-corrected chi connectivity index (χ1v) is 9.20. The lowest BCUT2D eigenvalue weighted by molar-refractivity contribution is -0.142. The van der Waals surface area contributed by atoms with Crippen molar-refractivity contribution >= 4 is 5.78 Å². The number of carbonyl (C=O) groups excluding carboxylic acids is 1. The quantitative estimate of drug-likeness (QED) is 0.737. The zero-order chi connectivity index (χ0) is 15.7. The van der Waals surface area contributed by atoms with Crippen LogP contribution in [0, 0.1) is 34.5 Å². The predicted octanol–water partition coefficient (Wildman–Crippen LogP) is 3.91. The van der Waals surface area contributed by atoms with E-state index in [2.05, 4.69) is 13.8 Å². The Morgan fingerprint density at radius 2 is 1.86 bits per heavy atom. The van der Waals surface area contributed by atoms with Gasteiger partial charge in [-0.05, 0) is 73.0 Å². The number of fused-ring (bicyclic) bond motifs is 5. The molecule has 0 spiro atoms. The summed E-state index contributed by atoms with van der Waals surface area (Å²) < 4.78 is 14.2. The first-order chi connectivity index (χ1) is 10.4. The molecule has 4 fully saturated rings. The lowest BCUT2D eigenvalue weighted by Gasteiger charge is -2.59. The monoisotopic (exact) mass is 308 g/mol. The van der Waals surface area contributed by atoms with Gasteiger partial charge in [0.05, 0.1) is 6.10 Å². The van der Waals surface area contributed by atoms with E-state index in [1.54, 1.807) is 0 Å². The van der Waals surface area contributed by atoms with E-state index >= 15 is 0 Å². The molecule has 0 aromatic rings. The summed E-state index contributed by atoms with van der Waals surface area (Å²) in [6.07, 6.45) is 5.63. The number of Topliss-reactive ketones (excluding diaryl/α,β-unsaturated/α-hetero) is 1. The van der Waals surface area contributed by atoms with Gasteiger partial charge >= 0.3 is 0 Å². The van der Waals surface area contributed by atoms with Crippen molar-refractivity contribution in [1.29, 1.82) is 0 Å². The molecule has 2 nitrogen and oxygen atoms in total. The summed E-state index contributed by atoms with van der Waals surface area (Å²) in [5, 5.41) is 10.4. The summed E-state index contributed by atoms with van der Waals surface area (Å²) >= 11 is 0. The van der Waals surface area contributed by atoms with Crippen molar-refractivity contribution in [2.45, 2.75) is 77.5 Å². The van der Waals surface area contributed by atoms with Crippen LogP contribution in [0.3, 0.4) is 0 Å². The maximum Gasteiger partial charge on any atom is 0.133 e. The van der Waals surface area contributed by atoms with Crippen molar-refractivity contribution in [3.05, 3.63) is 0 Å². The number of alkyl halides is 1. The summed E-state index contributed by atoms with van der Waals surface area (Å²) in [5.41, 5.74) is 0.0613. The van der Waals surface area contributed by atoms with Gasteiger partial charge in [-0.1, -0.05) is 13.8 Å². The minimum Gasteiger partial charge on any atom is -0.390 e. The van der Waals surface area contributed by atoms with Crippen molar-refractivity contribution in [2.24, 2.45) is 34.5 Å². The third kappa shape index (κ3) is 1.84. The molecule has 0 saturated heterocycles. The Morgan fingerprint density at radius 3 is 2.64 bits per heavy atom. The SMILES string of the molecule is C[C@]12CCC(=O)C[C@@H]1CC[C@@H]1[C@@H]2CC[C@]2(C)[C@@H](O)[C@H](F)C[C@@H]12. The van der Waals surface area contributed by atoms with Crippen LogP contribution in [0.5, 0.6) is 0 Å². The molecule has 4 aliphatic carbocycles. The molecule has 3 heteroatoms. The minimum atomic E-state index is -1.03. The van der Waals surface area contributed by atoms with E-state index in [0.717, 1.165) is 44.9 Å². The van der Waals surface area contributed by atoms with Gasteiger partial charge in [-0.3, -0.25) is 4.79 Å². The van der Waals surface area contributed by atoms with Gasteiger partial charge in [-0.25, -0.2) is 4.39 Å². The Balaban J connectivity index is 1.64. The van der Waals surface area contributed by atoms with Gasteiger partial charge in [0.1, 0.15) is 12.0 Å². The fourth-order valence-corrected chi connectivity index (χ4v) is 6.99. The Kier molecular flexibility index (Phi) is 3.28. The van der Waals surface area contributed by atoms with Crippen LogP contribution in [0.4, 0.5) is 4.39 Å². The fourth-order valence-electron chi connectivity index (χ4n) is 6.99. The molecular weight excluding hydrogens is 279 g/mol. The summed E-state index contributed by atoms with van der Waals surface area (Å²) in [7, 11) is 0. The van der Waals surface area contributed by atoms with Crippen LogP contribution >= 0.6 is 0 Å². The van der Waals surface area contributed by atoms with Crippen molar-refractivity contribution in [2.75, 3.05) is 0 Å². The Hall–Kier alpha value is -0.440. The lowest BCUT2D eigenvalue weighted by Crippen LogP contribution is -2.54. The van der Waals surface area contributed by atoms with Crippen molar-refractivity contribution in [3.8, 4) is 0 Å². The van der Waals surface area contributed by atoms with E-state index in [-0.39, 0.29) is 10.8 Å². The number of rotatable bonds is 0. The van der Waals surface area contributed by atoms with Gasteiger partial charge in [0.2, 0.25) is 0 Å². The van der Waals surface area contributed by atoms with E-state index in [1.807, 2.05) is 0 Å². The van der Waals surface area contributed by atoms with E-state index < -0.39 is 12.3 Å². The highest BCUT2D eigenvalue weighted by Gasteiger charge is 2.62. The number of carbonyl (C=O) groups is 1. The van der Waals surface area contributed by atoms with Crippen LogP contribution in [0.25, 0.3) is 0 Å². The Bertz CT molecular complexity index is 492. The van der Waals surface area contributed by atoms with E-state index in [1.165, 1.54) is 0 Å². The molecule has 0 aliphatic heterocycles. The third-order valence-corrected chi connectivity index (χ3v) is 8.42. The third-order valence-electron chi connectivity index (χ3n) is 8.42. The topological polar surface area (TPSA) is 37.3 Å². The van der Waals surface area contributed by atoms with Crippen LogP contribution in [0.15, 0.2) is 0 Å². The molecule has 4 aliphatic rings. The summed E-state index contributed by atoms with van der Waals surface area (Å²) in [6, 6.07) is 0. The maximum atomic E-state index is 14.2. The number of halogens is 1. The first kappa shape index (κ1) is 15.1. The minimum absolute atomic E-state index is 0.214. The fraction of sp³-hybridized carbons (Fsp3) is 0.947. The van der Waals surface area contributed by atoms with Gasteiger partial charge in [0.25, 0.3) is 0 Å². The molecule has 0 bridgehead atoms. The molecule has 0 aromatic carbocycles. The molecule has 0 amide bonds. The highest BCUT2D eigenvalue weighted by atomic mass is 19.1. The maximum absolute atomic E-state index is 14.2. The number of aliphatic hydroxyl groups excluding tert-OH is 1. The highest BCUT2D eigenvalue weighted by Crippen LogP contribution is 2.66. The average molecular weight is 308 g/mol. The molecule has 0 radical (unpaired) electrons. The number of aliphatic hydroxyl groups is 1. The van der Waals surface area contributed by atoms with Gasteiger partial charge < -0.3 is 5.11 Å². The molecular formula is C19H29FO2. The smallest absolute Gasteiger partial charge is 0.133 e. The lowest BCUT2D eigenvalue weighted by atomic mass is 9.45. The van der Waals surface area contributed by atoms with Gasteiger partial charge in [0.15, 0.2) is 0 Å². The molecule has 1 N–H and O–H groups in total. The molecule has 124 valence electrons. The molecule has 4 saturated carbocycles. The van der Waals surface area contributed by atoms with Crippen molar-refractivity contribution in [3.63, 3.8) is 0 Å². The molecule has 22 heavy (non-hydrogen) atoms. The second-order valence-corrected chi connectivity index (χ2v) is 9.14. The predicted molar refractivity (Wildman–Crippen MR) is 83.0 cm³/mol. The highest BCUT2D eigenvalue weighted by molar-refractivity contribution is 5.79. The summed E-state index contributed by atoms with van der Waals surface area (Å²) in [5.74, 6) is 2.53. The van der Waals surface area contributed by atoms with E-state index in [4.69, 9.17) is 0 Å². The normalized spacial score (nSPS) is 57.9. The van der Waals surface area contributed by atoms with Gasteiger partial charge in [0, 0.05) is 12.8 Å². The molecule has 0 aromatic heterocycles. The second-order valence-electron chi connectivity index (χ2n) is 9.14. The van der Waals surface area contributed by atoms with Crippen molar-refractivity contribution < 1.29 is 14.3 Å². The summed E-state index contributed by atoms with van der Waals surface area (Å²) in [4.78, 5) is 11.9. The Labute approximate surface area is 132 Å². The van der Waals surface area contributed by atoms with Crippen LogP contribution in [0.1, 0.15) is 65.2 Å². The largest absolute Gasteiger partial charge is 0.390 e. The number of hydrogen-bond donors (Lipinski definition) is 1. The first-order valence-electron chi connectivity index (χ1n) is 9.20. The van der Waals surface area contributed by atoms with Gasteiger partial charge in [-0.15, -0.1) is 0 Å². The van der Waals surface area contributed by atoms with Crippen LogP contribution in [0.2, 0.25) is 0 Å². The second kappa shape index (κ2) is 4.78. The molecule has 0 unspecified atom stereocenters. The van der Waals surface area contributed by atoms with Crippen LogP contribution < -0.4 is 0 Å². The molecule has 8 atom stereocenters. The van der Waals surface area contributed by atoms with Crippen molar-refractivity contribution in [1.82, 2.24) is 0 Å². The zero-order valence-electron chi connectivity index (χ0n) is 13.9. The van der Waals surface area contributed by atoms with Crippen LogP contribution in [-0.2, 0) is 4.79 Å². The zero-order valence-corrected chi connectivity index (χ0v) is 13.9. The van der Waals surface area contributed by atoms with E-state index in [9.17, 15) is 14.3 Å².